The molecule has 23 heavy (non-hydrogen) atoms. The van der Waals surface area contributed by atoms with Crippen LogP contribution in [0.3, 0.4) is 0 Å². The SMILES string of the molecule is CCCCCCCCCCCCCCCC[N+](C)(C)C(C)(O)O. The summed E-state index contributed by atoms with van der Waals surface area (Å²) in [4.78, 5) is 0. The summed E-state index contributed by atoms with van der Waals surface area (Å²) in [6.07, 6.45) is 19.0. The summed E-state index contributed by atoms with van der Waals surface area (Å²) in [6.45, 7) is 4.56. The monoisotopic (exact) mass is 330 g/mol. The molecule has 0 rings (SSSR count). The molecule has 140 valence electrons. The fourth-order valence-corrected chi connectivity index (χ4v) is 2.91. The highest BCUT2D eigenvalue weighted by atomic mass is 16.5. The van der Waals surface area contributed by atoms with E-state index in [1.807, 2.05) is 14.1 Å². The van der Waals surface area contributed by atoms with Crippen molar-refractivity contribution in [3.8, 4) is 0 Å². The fourth-order valence-electron chi connectivity index (χ4n) is 2.91. The van der Waals surface area contributed by atoms with Crippen molar-refractivity contribution in [2.24, 2.45) is 0 Å². The van der Waals surface area contributed by atoms with E-state index in [-0.39, 0.29) is 4.48 Å². The van der Waals surface area contributed by atoms with Gasteiger partial charge in [-0.05, 0) is 12.8 Å². The molecule has 0 aromatic heterocycles. The molecule has 0 heterocycles. The molecule has 0 saturated heterocycles. The Labute approximate surface area is 145 Å². The first-order valence-electron chi connectivity index (χ1n) is 10.1. The van der Waals surface area contributed by atoms with E-state index in [0.717, 1.165) is 13.0 Å². The summed E-state index contributed by atoms with van der Waals surface area (Å²) < 4.78 is 0.255. The highest BCUT2D eigenvalue weighted by Gasteiger charge is 2.36. The summed E-state index contributed by atoms with van der Waals surface area (Å²) in [5.74, 6) is -1.63. The van der Waals surface area contributed by atoms with Crippen molar-refractivity contribution in [1.82, 2.24) is 0 Å². The molecule has 2 N–H and O–H groups in total. The zero-order valence-corrected chi connectivity index (χ0v) is 16.4. The minimum absolute atomic E-state index is 0.255. The van der Waals surface area contributed by atoms with Crippen molar-refractivity contribution in [3.05, 3.63) is 0 Å². The highest BCUT2D eigenvalue weighted by Crippen LogP contribution is 2.17. The lowest BCUT2D eigenvalue weighted by Crippen LogP contribution is -2.58. The molecule has 0 bridgehead atoms. The van der Waals surface area contributed by atoms with E-state index in [4.69, 9.17) is 0 Å². The topological polar surface area (TPSA) is 40.5 Å². The predicted molar refractivity (Wildman–Crippen MR) is 100 cm³/mol. The first-order chi connectivity index (χ1) is 10.8. The zero-order valence-electron chi connectivity index (χ0n) is 16.4. The number of quaternary nitrogens is 1. The van der Waals surface area contributed by atoms with Gasteiger partial charge in [-0.2, -0.15) is 0 Å². The maximum absolute atomic E-state index is 9.68. The van der Waals surface area contributed by atoms with Crippen molar-refractivity contribution in [1.29, 1.82) is 0 Å². The summed E-state index contributed by atoms with van der Waals surface area (Å²) in [6, 6.07) is 0. The van der Waals surface area contributed by atoms with Crippen LogP contribution in [0.4, 0.5) is 0 Å². The predicted octanol–water partition coefficient (Wildman–Crippen LogP) is 5.20. The van der Waals surface area contributed by atoms with Gasteiger partial charge in [-0.1, -0.05) is 84.0 Å². The van der Waals surface area contributed by atoms with E-state index in [2.05, 4.69) is 6.92 Å². The molecule has 0 atom stereocenters. The lowest BCUT2D eigenvalue weighted by Gasteiger charge is -2.38. The van der Waals surface area contributed by atoms with E-state index in [9.17, 15) is 10.2 Å². The molecule has 0 aromatic rings. The van der Waals surface area contributed by atoms with E-state index < -0.39 is 5.91 Å². The van der Waals surface area contributed by atoms with Crippen LogP contribution in [-0.4, -0.2) is 41.2 Å². The third-order valence-corrected chi connectivity index (χ3v) is 5.22. The average Bonchev–Trinajstić information content (AvgIpc) is 2.46. The Morgan fingerprint density at radius 1 is 0.609 bits per heavy atom. The van der Waals surface area contributed by atoms with Crippen molar-refractivity contribution < 1.29 is 14.7 Å². The van der Waals surface area contributed by atoms with Crippen LogP contribution in [-0.2, 0) is 0 Å². The van der Waals surface area contributed by atoms with E-state index in [0.29, 0.717) is 0 Å². The van der Waals surface area contributed by atoms with Gasteiger partial charge >= 0.3 is 5.91 Å². The van der Waals surface area contributed by atoms with Gasteiger partial charge in [-0.15, -0.1) is 0 Å². The molecule has 0 unspecified atom stereocenters. The largest absolute Gasteiger partial charge is 0.319 e. The normalized spacial score (nSPS) is 12.8. The molecule has 3 heteroatoms. The highest BCUT2D eigenvalue weighted by molar-refractivity contribution is 4.50. The molecular weight excluding hydrogens is 286 g/mol. The first kappa shape index (κ1) is 22.9. The van der Waals surface area contributed by atoms with Crippen molar-refractivity contribution in [2.45, 2.75) is 110 Å². The summed E-state index contributed by atoms with van der Waals surface area (Å²) in [5.41, 5.74) is 0. The van der Waals surface area contributed by atoms with Gasteiger partial charge in [-0.3, -0.25) is 4.48 Å². The molecule has 0 radical (unpaired) electrons. The molecule has 3 nitrogen and oxygen atoms in total. The molecular formula is C20H44NO2+. The van der Waals surface area contributed by atoms with Gasteiger partial charge in [0, 0.05) is 6.92 Å². The van der Waals surface area contributed by atoms with Crippen LogP contribution >= 0.6 is 0 Å². The Morgan fingerprint density at radius 3 is 1.22 bits per heavy atom. The summed E-state index contributed by atoms with van der Waals surface area (Å²) in [5, 5.41) is 19.4. The molecule has 0 fully saturated rings. The number of hydrogen-bond donors (Lipinski definition) is 2. The molecule has 0 aliphatic rings. The Hall–Kier alpha value is -0.120. The van der Waals surface area contributed by atoms with E-state index >= 15 is 0 Å². The lowest BCUT2D eigenvalue weighted by atomic mass is 10.0. The van der Waals surface area contributed by atoms with Crippen LogP contribution < -0.4 is 0 Å². The Morgan fingerprint density at radius 2 is 0.913 bits per heavy atom. The van der Waals surface area contributed by atoms with Crippen LogP contribution in [0.5, 0.6) is 0 Å². The molecule has 0 saturated carbocycles. The van der Waals surface area contributed by atoms with Crippen molar-refractivity contribution in [3.63, 3.8) is 0 Å². The van der Waals surface area contributed by atoms with Gasteiger partial charge in [-0.25, -0.2) is 0 Å². The number of rotatable bonds is 16. The molecule has 0 aliphatic heterocycles. The molecule has 0 aliphatic carbocycles. The third-order valence-electron chi connectivity index (χ3n) is 5.22. The van der Waals surface area contributed by atoms with Gasteiger partial charge in [0.25, 0.3) is 0 Å². The van der Waals surface area contributed by atoms with Crippen LogP contribution in [0.15, 0.2) is 0 Å². The van der Waals surface area contributed by atoms with Gasteiger partial charge in [0.2, 0.25) is 0 Å². The smallest absolute Gasteiger partial charge is 0.310 e. The quantitative estimate of drug-likeness (QED) is 0.232. The number of unbranched alkanes of at least 4 members (excludes halogenated alkanes) is 13. The summed E-state index contributed by atoms with van der Waals surface area (Å²) >= 11 is 0. The summed E-state index contributed by atoms with van der Waals surface area (Å²) in [7, 11) is 3.75. The Balaban J connectivity index is 3.25. The minimum Gasteiger partial charge on any atom is -0.319 e. The van der Waals surface area contributed by atoms with Crippen LogP contribution in [0.25, 0.3) is 0 Å². The Bertz CT molecular complexity index is 259. The minimum atomic E-state index is -1.63. The lowest BCUT2D eigenvalue weighted by molar-refractivity contribution is -0.992. The maximum atomic E-state index is 9.68. The second-order valence-corrected chi connectivity index (χ2v) is 7.98. The molecule has 0 spiro atoms. The average molecular weight is 331 g/mol. The van der Waals surface area contributed by atoms with Gasteiger partial charge in [0.15, 0.2) is 0 Å². The van der Waals surface area contributed by atoms with Crippen molar-refractivity contribution in [2.75, 3.05) is 20.6 Å². The van der Waals surface area contributed by atoms with Gasteiger partial charge in [0.1, 0.15) is 0 Å². The second kappa shape index (κ2) is 13.2. The second-order valence-electron chi connectivity index (χ2n) is 7.98. The van der Waals surface area contributed by atoms with E-state index in [1.54, 1.807) is 0 Å². The Kier molecular flexibility index (Phi) is 13.1. The number of nitrogens with zero attached hydrogens (tertiary/aromatic N) is 1. The third kappa shape index (κ3) is 12.9. The van der Waals surface area contributed by atoms with Crippen LogP contribution in [0.2, 0.25) is 0 Å². The maximum Gasteiger partial charge on any atom is 0.310 e. The van der Waals surface area contributed by atoms with Gasteiger partial charge < -0.3 is 10.2 Å². The van der Waals surface area contributed by atoms with Gasteiger partial charge in [0.05, 0.1) is 20.6 Å². The zero-order chi connectivity index (χ0) is 17.6. The van der Waals surface area contributed by atoms with Crippen LogP contribution in [0.1, 0.15) is 104 Å². The standard InChI is InChI=1S/C20H44NO2/c1-5-6-7-8-9-10-11-12-13-14-15-16-17-18-19-21(3,4)20(2,22)23/h22-23H,5-19H2,1-4H3/q+1. The van der Waals surface area contributed by atoms with Crippen LogP contribution in [0, 0.1) is 0 Å². The van der Waals surface area contributed by atoms with Crippen molar-refractivity contribution >= 4 is 0 Å². The fraction of sp³-hybridized carbons (Fsp3) is 1.00. The number of hydrogen-bond acceptors (Lipinski definition) is 2. The van der Waals surface area contributed by atoms with E-state index in [1.165, 1.54) is 90.4 Å². The molecule has 0 aromatic carbocycles. The number of aliphatic hydroxyl groups is 2. The first-order valence-corrected chi connectivity index (χ1v) is 10.1. The molecule has 0 amide bonds.